The number of nitrogens with zero attached hydrogens (tertiary/aromatic N) is 3. The number of sulfone groups is 1. The zero-order valence-electron chi connectivity index (χ0n) is 15.4. The largest absolute Gasteiger partial charge is 0.453 e. The first kappa shape index (κ1) is 19.2. The average Bonchev–Trinajstić information content (AvgIpc) is 3.11. The van der Waals surface area contributed by atoms with Crippen molar-refractivity contribution in [2.45, 2.75) is 33.2 Å². The van der Waals surface area contributed by atoms with E-state index in [1.165, 1.54) is 12.4 Å². The van der Waals surface area contributed by atoms with Gasteiger partial charge in [0.05, 0.1) is 23.4 Å². The summed E-state index contributed by atoms with van der Waals surface area (Å²) in [6.45, 7) is 4.94. The lowest BCUT2D eigenvalue weighted by Crippen LogP contribution is -2.17. The Morgan fingerprint density at radius 3 is 2.56 bits per heavy atom. The van der Waals surface area contributed by atoms with Gasteiger partial charge in [-0.3, -0.25) is 9.78 Å². The highest BCUT2D eigenvalue weighted by molar-refractivity contribution is 7.91. The number of rotatable bonds is 5. The standard InChI is InChI=1S/C18H21N3O5S/c1-11-7-20-16(8-19-11)18(23)26-9-17(22)15-6-12(2)21(13(15)3)14-4-5-27(24,25)10-14/h6-8,14H,4-5,9-10H2,1-3H3. The normalized spacial score (nSPS) is 18.4. The van der Waals surface area contributed by atoms with Gasteiger partial charge in [0, 0.05) is 29.2 Å². The second kappa shape index (κ2) is 7.22. The summed E-state index contributed by atoms with van der Waals surface area (Å²) in [7, 11) is -3.03. The van der Waals surface area contributed by atoms with Crippen LogP contribution in [0.4, 0.5) is 0 Å². The smallest absolute Gasteiger partial charge is 0.358 e. The van der Waals surface area contributed by atoms with Gasteiger partial charge in [0.15, 0.2) is 22.1 Å². The van der Waals surface area contributed by atoms with Gasteiger partial charge in [-0.05, 0) is 33.3 Å². The Kier molecular flexibility index (Phi) is 5.14. The van der Waals surface area contributed by atoms with Gasteiger partial charge in [-0.25, -0.2) is 18.2 Å². The average molecular weight is 391 g/mol. The van der Waals surface area contributed by atoms with E-state index < -0.39 is 22.4 Å². The van der Waals surface area contributed by atoms with E-state index in [0.717, 1.165) is 5.69 Å². The molecule has 1 aliphatic heterocycles. The number of hydrogen-bond acceptors (Lipinski definition) is 7. The summed E-state index contributed by atoms with van der Waals surface area (Å²) in [6, 6.07) is 1.55. The Morgan fingerprint density at radius 1 is 1.22 bits per heavy atom. The van der Waals surface area contributed by atoms with Crippen LogP contribution in [-0.4, -0.2) is 52.8 Å². The lowest BCUT2D eigenvalue weighted by atomic mass is 10.1. The van der Waals surface area contributed by atoms with E-state index in [4.69, 9.17) is 4.74 Å². The number of Topliss-reactive ketones (excluding diaryl/α,β-unsaturated/α-hetero) is 1. The van der Waals surface area contributed by atoms with Crippen molar-refractivity contribution < 1.29 is 22.7 Å². The second-order valence-electron chi connectivity index (χ2n) is 6.75. The van der Waals surface area contributed by atoms with Gasteiger partial charge in [0.2, 0.25) is 5.78 Å². The molecule has 1 atom stereocenters. The third-order valence-electron chi connectivity index (χ3n) is 4.68. The first-order valence-corrected chi connectivity index (χ1v) is 10.4. The highest BCUT2D eigenvalue weighted by Crippen LogP contribution is 2.29. The quantitative estimate of drug-likeness (QED) is 0.563. The number of ketones is 1. The number of aryl methyl sites for hydroxylation is 2. The molecule has 27 heavy (non-hydrogen) atoms. The molecule has 1 fully saturated rings. The summed E-state index contributed by atoms with van der Waals surface area (Å²) in [5.41, 5.74) is 2.64. The Bertz CT molecular complexity index is 993. The molecule has 1 saturated heterocycles. The van der Waals surface area contributed by atoms with Crippen LogP contribution < -0.4 is 0 Å². The summed E-state index contributed by atoms with van der Waals surface area (Å²) in [4.78, 5) is 32.4. The van der Waals surface area contributed by atoms with E-state index in [0.29, 0.717) is 23.4 Å². The van der Waals surface area contributed by atoms with Crippen LogP contribution in [0.3, 0.4) is 0 Å². The number of esters is 1. The van der Waals surface area contributed by atoms with Crippen molar-refractivity contribution in [3.05, 3.63) is 46.8 Å². The minimum atomic E-state index is -3.03. The Hall–Kier alpha value is -2.55. The van der Waals surface area contributed by atoms with Crippen molar-refractivity contribution in [2.75, 3.05) is 18.1 Å². The number of carbonyl (C=O) groups excluding carboxylic acids is 2. The van der Waals surface area contributed by atoms with Crippen LogP contribution in [0.1, 0.15) is 50.4 Å². The van der Waals surface area contributed by atoms with Gasteiger partial charge in [0.1, 0.15) is 0 Å². The fourth-order valence-electron chi connectivity index (χ4n) is 3.38. The summed E-state index contributed by atoms with van der Waals surface area (Å²) in [5.74, 6) is -0.819. The molecule has 2 aromatic heterocycles. The maximum absolute atomic E-state index is 12.5. The third-order valence-corrected chi connectivity index (χ3v) is 6.43. The molecule has 0 aromatic carbocycles. The SMILES string of the molecule is Cc1cnc(C(=O)OCC(=O)c2cc(C)n(C3CCS(=O)(=O)C3)c2C)cn1. The molecule has 3 heterocycles. The Balaban J connectivity index is 1.71. The number of ether oxygens (including phenoxy) is 1. The molecule has 0 spiro atoms. The van der Waals surface area contributed by atoms with E-state index in [1.54, 1.807) is 19.9 Å². The van der Waals surface area contributed by atoms with Gasteiger partial charge in [0.25, 0.3) is 0 Å². The molecule has 2 aromatic rings. The van der Waals surface area contributed by atoms with E-state index in [9.17, 15) is 18.0 Å². The van der Waals surface area contributed by atoms with Crippen LogP contribution in [0.15, 0.2) is 18.5 Å². The van der Waals surface area contributed by atoms with Gasteiger partial charge in [-0.1, -0.05) is 0 Å². The number of hydrogen-bond donors (Lipinski definition) is 0. The predicted molar refractivity (Wildman–Crippen MR) is 97.6 cm³/mol. The van der Waals surface area contributed by atoms with E-state index >= 15 is 0 Å². The van der Waals surface area contributed by atoms with E-state index in [1.807, 2.05) is 11.5 Å². The zero-order chi connectivity index (χ0) is 19.8. The summed E-state index contributed by atoms with van der Waals surface area (Å²) in [5, 5.41) is 0. The second-order valence-corrected chi connectivity index (χ2v) is 8.98. The van der Waals surface area contributed by atoms with Gasteiger partial charge in [-0.15, -0.1) is 0 Å². The molecule has 0 radical (unpaired) electrons. The summed E-state index contributed by atoms with van der Waals surface area (Å²) < 4.78 is 30.5. The summed E-state index contributed by atoms with van der Waals surface area (Å²) >= 11 is 0. The van der Waals surface area contributed by atoms with Crippen molar-refractivity contribution in [3.8, 4) is 0 Å². The maximum atomic E-state index is 12.5. The minimum Gasteiger partial charge on any atom is -0.453 e. The van der Waals surface area contributed by atoms with E-state index in [-0.39, 0.29) is 29.0 Å². The molecular formula is C18H21N3O5S. The molecule has 8 nitrogen and oxygen atoms in total. The lowest BCUT2D eigenvalue weighted by molar-refractivity contribution is 0.0468. The third kappa shape index (κ3) is 4.08. The molecule has 9 heteroatoms. The maximum Gasteiger partial charge on any atom is 0.358 e. The minimum absolute atomic E-state index is 0.0371. The Morgan fingerprint density at radius 2 is 1.96 bits per heavy atom. The Labute approximate surface area is 157 Å². The first-order valence-electron chi connectivity index (χ1n) is 8.56. The summed E-state index contributed by atoms with van der Waals surface area (Å²) in [6.07, 6.45) is 3.28. The van der Waals surface area contributed by atoms with Crippen LogP contribution in [0, 0.1) is 20.8 Å². The van der Waals surface area contributed by atoms with Crippen LogP contribution in [0.5, 0.6) is 0 Å². The van der Waals surface area contributed by atoms with Gasteiger partial charge < -0.3 is 9.30 Å². The lowest BCUT2D eigenvalue weighted by Gasteiger charge is -2.16. The molecule has 0 amide bonds. The van der Waals surface area contributed by atoms with Crippen LogP contribution in [0.25, 0.3) is 0 Å². The van der Waals surface area contributed by atoms with Crippen molar-refractivity contribution in [1.82, 2.24) is 14.5 Å². The van der Waals surface area contributed by atoms with Crippen molar-refractivity contribution >= 4 is 21.6 Å². The molecular weight excluding hydrogens is 370 g/mol. The number of aromatic nitrogens is 3. The fourth-order valence-corrected chi connectivity index (χ4v) is 5.08. The molecule has 3 rings (SSSR count). The van der Waals surface area contributed by atoms with Crippen LogP contribution >= 0.6 is 0 Å². The van der Waals surface area contributed by atoms with Crippen LogP contribution in [0.2, 0.25) is 0 Å². The fraction of sp³-hybridized carbons (Fsp3) is 0.444. The van der Waals surface area contributed by atoms with E-state index in [2.05, 4.69) is 9.97 Å². The predicted octanol–water partition coefficient (Wildman–Crippen LogP) is 1.60. The van der Waals surface area contributed by atoms with Crippen molar-refractivity contribution in [1.29, 1.82) is 0 Å². The first-order chi connectivity index (χ1) is 12.7. The van der Waals surface area contributed by atoms with Crippen molar-refractivity contribution in [3.63, 3.8) is 0 Å². The molecule has 0 saturated carbocycles. The van der Waals surface area contributed by atoms with Gasteiger partial charge in [-0.2, -0.15) is 0 Å². The zero-order valence-corrected chi connectivity index (χ0v) is 16.2. The monoisotopic (exact) mass is 391 g/mol. The molecule has 0 N–H and O–H groups in total. The van der Waals surface area contributed by atoms with Crippen molar-refractivity contribution in [2.24, 2.45) is 0 Å². The molecule has 0 aliphatic carbocycles. The topological polar surface area (TPSA) is 108 Å². The van der Waals surface area contributed by atoms with Gasteiger partial charge >= 0.3 is 5.97 Å². The van der Waals surface area contributed by atoms with Crippen LogP contribution in [-0.2, 0) is 14.6 Å². The number of carbonyl (C=O) groups is 2. The molecule has 0 bridgehead atoms. The highest BCUT2D eigenvalue weighted by atomic mass is 32.2. The molecule has 1 unspecified atom stereocenters. The molecule has 1 aliphatic rings. The highest BCUT2D eigenvalue weighted by Gasteiger charge is 2.31. The molecule has 144 valence electrons.